The number of rotatable bonds is 3. The van der Waals surface area contributed by atoms with Crippen LogP contribution in [-0.2, 0) is 17.8 Å². The van der Waals surface area contributed by atoms with E-state index >= 15 is 0 Å². The van der Waals surface area contributed by atoms with E-state index < -0.39 is 0 Å². The van der Waals surface area contributed by atoms with Gasteiger partial charge in [0.15, 0.2) is 0 Å². The molecule has 2 heterocycles. The lowest BCUT2D eigenvalue weighted by molar-refractivity contribution is -0.119. The quantitative estimate of drug-likeness (QED) is 0.865. The molecule has 0 bridgehead atoms. The van der Waals surface area contributed by atoms with Crippen LogP contribution in [-0.4, -0.2) is 21.5 Å². The van der Waals surface area contributed by atoms with Crippen molar-refractivity contribution in [2.45, 2.75) is 57.5 Å². The minimum Gasteiger partial charge on any atom is -0.308 e. The molecule has 0 saturated heterocycles. The lowest BCUT2D eigenvalue weighted by Gasteiger charge is -2.35. The molecule has 1 aromatic heterocycles. The van der Waals surface area contributed by atoms with E-state index in [1.165, 1.54) is 22.9 Å². The van der Waals surface area contributed by atoms with Crippen LogP contribution in [0.2, 0.25) is 0 Å². The minimum atomic E-state index is -0.136. The van der Waals surface area contributed by atoms with Gasteiger partial charge >= 0.3 is 0 Å². The van der Waals surface area contributed by atoms with Gasteiger partial charge < -0.3 is 4.90 Å². The summed E-state index contributed by atoms with van der Waals surface area (Å²) in [6, 6.07) is 9.76. The molecule has 5 heteroatoms. The summed E-state index contributed by atoms with van der Waals surface area (Å²) in [5.41, 5.74) is 2.90. The van der Waals surface area contributed by atoms with Crippen molar-refractivity contribution in [3.63, 3.8) is 0 Å². The zero-order chi connectivity index (χ0) is 17.4. The van der Waals surface area contributed by atoms with Crippen LogP contribution in [0, 0.1) is 0 Å². The molecule has 2 aromatic rings. The normalized spacial score (nSPS) is 20.0. The van der Waals surface area contributed by atoms with Crippen LogP contribution in [0.1, 0.15) is 49.8 Å². The number of aromatic nitrogens is 2. The summed E-state index contributed by atoms with van der Waals surface area (Å²) in [5.74, 6) is 0.368. The zero-order valence-electron chi connectivity index (χ0n) is 14.5. The summed E-state index contributed by atoms with van der Waals surface area (Å²) in [6.45, 7) is 2.10. The van der Waals surface area contributed by atoms with Crippen molar-refractivity contribution in [2.75, 3.05) is 4.90 Å². The summed E-state index contributed by atoms with van der Waals surface area (Å²) >= 11 is 0. The van der Waals surface area contributed by atoms with Gasteiger partial charge in [0.05, 0.1) is 12.0 Å². The molecule has 25 heavy (non-hydrogen) atoms. The highest BCUT2D eigenvalue weighted by Crippen LogP contribution is 2.34. The molecule has 1 saturated carbocycles. The molecule has 1 unspecified atom stereocenters. The number of fused-ring (bicyclic) bond motifs is 1. The molecule has 1 aromatic carbocycles. The van der Waals surface area contributed by atoms with Crippen molar-refractivity contribution in [2.24, 2.45) is 0 Å². The molecule has 130 valence electrons. The standard InChI is InChI=1S/C20H23N3O2/c1-14-9-10-16-5-2-3-8-18(16)23(14)20(25)12-22-13-21-17(11-19(22)24)15-6-4-7-15/h2-3,5,8,11,13-15H,4,6-7,9-10,12H2,1H3. The van der Waals surface area contributed by atoms with E-state index in [0.717, 1.165) is 37.1 Å². The van der Waals surface area contributed by atoms with Crippen molar-refractivity contribution < 1.29 is 4.79 Å². The van der Waals surface area contributed by atoms with E-state index in [1.54, 1.807) is 6.07 Å². The monoisotopic (exact) mass is 337 g/mol. The number of nitrogens with zero attached hydrogens (tertiary/aromatic N) is 3. The maximum Gasteiger partial charge on any atom is 0.254 e. The van der Waals surface area contributed by atoms with E-state index in [-0.39, 0.29) is 24.1 Å². The number of hydrogen-bond acceptors (Lipinski definition) is 3. The van der Waals surface area contributed by atoms with E-state index in [9.17, 15) is 9.59 Å². The van der Waals surface area contributed by atoms with E-state index in [1.807, 2.05) is 23.1 Å². The van der Waals surface area contributed by atoms with Crippen LogP contribution in [0.25, 0.3) is 0 Å². The first-order valence-electron chi connectivity index (χ1n) is 9.10. The maximum absolute atomic E-state index is 12.9. The Morgan fingerprint density at radius 3 is 2.76 bits per heavy atom. The lowest BCUT2D eigenvalue weighted by Crippen LogP contribution is -2.44. The van der Waals surface area contributed by atoms with Gasteiger partial charge in [-0.25, -0.2) is 4.98 Å². The summed E-state index contributed by atoms with van der Waals surface area (Å²) in [6.07, 6.45) is 6.89. The van der Waals surface area contributed by atoms with Crippen LogP contribution >= 0.6 is 0 Å². The predicted molar refractivity (Wildman–Crippen MR) is 96.8 cm³/mol. The number of anilines is 1. The first-order chi connectivity index (χ1) is 12.1. The largest absolute Gasteiger partial charge is 0.308 e. The highest BCUT2D eigenvalue weighted by molar-refractivity contribution is 5.95. The van der Waals surface area contributed by atoms with Gasteiger partial charge in [0.1, 0.15) is 6.54 Å². The van der Waals surface area contributed by atoms with E-state index in [0.29, 0.717) is 5.92 Å². The van der Waals surface area contributed by atoms with Gasteiger partial charge in [-0.3, -0.25) is 14.2 Å². The third-order valence-corrected chi connectivity index (χ3v) is 5.52. The van der Waals surface area contributed by atoms with Crippen molar-refractivity contribution in [1.29, 1.82) is 0 Å². The van der Waals surface area contributed by atoms with Crippen LogP contribution in [0.15, 0.2) is 41.5 Å². The van der Waals surface area contributed by atoms with Gasteiger partial charge in [-0.2, -0.15) is 0 Å². The van der Waals surface area contributed by atoms with Crippen molar-refractivity contribution in [3.8, 4) is 0 Å². The van der Waals surface area contributed by atoms with Gasteiger partial charge in [0.25, 0.3) is 5.56 Å². The molecule has 1 aliphatic carbocycles. The second-order valence-corrected chi connectivity index (χ2v) is 7.19. The molecular formula is C20H23N3O2. The van der Waals surface area contributed by atoms with Crippen molar-refractivity contribution in [3.05, 3.63) is 58.3 Å². The molecule has 1 aliphatic heterocycles. The lowest BCUT2D eigenvalue weighted by atomic mass is 9.83. The number of aryl methyl sites for hydroxylation is 1. The van der Waals surface area contributed by atoms with Gasteiger partial charge in [0.2, 0.25) is 5.91 Å². The Kier molecular flexibility index (Phi) is 4.15. The Balaban J connectivity index is 1.57. The number of para-hydroxylation sites is 1. The fourth-order valence-corrected chi connectivity index (χ4v) is 3.78. The Hall–Kier alpha value is -2.43. The van der Waals surface area contributed by atoms with Gasteiger partial charge in [-0.05, 0) is 44.2 Å². The number of hydrogen-bond donors (Lipinski definition) is 0. The summed E-state index contributed by atoms with van der Waals surface area (Å²) < 4.78 is 1.43. The first kappa shape index (κ1) is 16.1. The smallest absolute Gasteiger partial charge is 0.254 e. The minimum absolute atomic E-state index is 0.0372. The molecule has 0 N–H and O–H groups in total. The van der Waals surface area contributed by atoms with Crippen molar-refractivity contribution >= 4 is 11.6 Å². The summed E-state index contributed by atoms with van der Waals surface area (Å²) in [5, 5.41) is 0. The van der Waals surface area contributed by atoms with Gasteiger partial charge in [0, 0.05) is 23.7 Å². The highest BCUT2D eigenvalue weighted by atomic mass is 16.2. The topological polar surface area (TPSA) is 55.2 Å². The molecule has 1 fully saturated rings. The third-order valence-electron chi connectivity index (χ3n) is 5.52. The first-order valence-corrected chi connectivity index (χ1v) is 9.10. The second-order valence-electron chi connectivity index (χ2n) is 7.19. The Bertz CT molecular complexity index is 854. The van der Waals surface area contributed by atoms with Crippen LogP contribution in [0.5, 0.6) is 0 Å². The number of benzene rings is 1. The average molecular weight is 337 g/mol. The van der Waals surface area contributed by atoms with E-state index in [2.05, 4.69) is 18.0 Å². The van der Waals surface area contributed by atoms with Crippen LogP contribution < -0.4 is 10.5 Å². The Morgan fingerprint density at radius 2 is 2.04 bits per heavy atom. The van der Waals surface area contributed by atoms with Gasteiger partial charge in [-0.1, -0.05) is 24.6 Å². The Morgan fingerprint density at radius 1 is 1.24 bits per heavy atom. The average Bonchev–Trinajstić information content (AvgIpc) is 2.55. The van der Waals surface area contributed by atoms with Crippen LogP contribution in [0.4, 0.5) is 5.69 Å². The molecule has 1 amide bonds. The molecule has 0 spiro atoms. The summed E-state index contributed by atoms with van der Waals surface area (Å²) in [7, 11) is 0. The number of carbonyl (C=O) groups is 1. The third kappa shape index (κ3) is 2.99. The number of carbonyl (C=O) groups excluding carboxylic acids is 1. The molecular weight excluding hydrogens is 314 g/mol. The van der Waals surface area contributed by atoms with Crippen molar-refractivity contribution in [1.82, 2.24) is 9.55 Å². The molecule has 5 nitrogen and oxygen atoms in total. The maximum atomic E-state index is 12.9. The van der Waals surface area contributed by atoms with Crippen LogP contribution in [0.3, 0.4) is 0 Å². The zero-order valence-corrected chi connectivity index (χ0v) is 14.5. The Labute approximate surface area is 147 Å². The molecule has 2 aliphatic rings. The van der Waals surface area contributed by atoms with E-state index in [4.69, 9.17) is 0 Å². The second kappa shape index (κ2) is 6.47. The fourth-order valence-electron chi connectivity index (χ4n) is 3.78. The molecule has 0 radical (unpaired) electrons. The highest BCUT2D eigenvalue weighted by Gasteiger charge is 2.28. The summed E-state index contributed by atoms with van der Waals surface area (Å²) in [4.78, 5) is 31.6. The molecule has 4 rings (SSSR count). The molecule has 1 atom stereocenters. The fraction of sp³-hybridized carbons (Fsp3) is 0.450. The SMILES string of the molecule is CC1CCc2ccccc2N1C(=O)Cn1cnc(C2CCC2)cc1=O. The predicted octanol–water partition coefficient (Wildman–Crippen LogP) is 2.88. The van der Waals surface area contributed by atoms with Gasteiger partial charge in [-0.15, -0.1) is 0 Å². The number of amides is 1.